The molecular weight excluding hydrogens is 472 g/mol. The molecule has 4 nitrogen and oxygen atoms in total. The van der Waals surface area contributed by atoms with Crippen molar-refractivity contribution >= 4 is 34.2 Å². The van der Waals surface area contributed by atoms with Gasteiger partial charge in [-0.1, -0.05) is 23.7 Å². The maximum atomic E-state index is 13.1. The van der Waals surface area contributed by atoms with Crippen LogP contribution in [0.5, 0.6) is 0 Å². The van der Waals surface area contributed by atoms with E-state index in [9.17, 15) is 31.1 Å². The second-order valence-corrected chi connectivity index (χ2v) is 7.45. The second-order valence-electron chi connectivity index (χ2n) is 7.05. The summed E-state index contributed by atoms with van der Waals surface area (Å²) < 4.78 is 78.5. The lowest BCUT2D eigenvalue weighted by Gasteiger charge is -2.14. The van der Waals surface area contributed by atoms with Crippen LogP contribution in [0.25, 0.3) is 22.4 Å². The number of hydrogen-bond donors (Lipinski definition) is 2. The van der Waals surface area contributed by atoms with E-state index in [4.69, 9.17) is 11.6 Å². The van der Waals surface area contributed by atoms with Gasteiger partial charge in [0.2, 0.25) is 0 Å². The van der Waals surface area contributed by atoms with E-state index >= 15 is 0 Å². The molecule has 0 bridgehead atoms. The molecule has 1 aromatic heterocycles. The second kappa shape index (κ2) is 8.11. The lowest BCUT2D eigenvalue weighted by atomic mass is 10.0. The number of halogens is 7. The molecule has 33 heavy (non-hydrogen) atoms. The number of H-pyrrole nitrogens is 1. The summed E-state index contributed by atoms with van der Waals surface area (Å²) >= 11 is 6.23. The van der Waals surface area contributed by atoms with Crippen molar-refractivity contribution < 1.29 is 31.1 Å². The van der Waals surface area contributed by atoms with E-state index in [-0.39, 0.29) is 16.8 Å². The Morgan fingerprint density at radius 1 is 0.879 bits per heavy atom. The number of rotatable bonds is 3. The van der Waals surface area contributed by atoms with Gasteiger partial charge in [-0.15, -0.1) is 0 Å². The zero-order chi connectivity index (χ0) is 24.0. The smallest absolute Gasteiger partial charge is 0.338 e. The number of benzene rings is 3. The van der Waals surface area contributed by atoms with Gasteiger partial charge in [-0.2, -0.15) is 26.3 Å². The molecule has 170 valence electrons. The van der Waals surface area contributed by atoms with Crippen LogP contribution in [-0.4, -0.2) is 15.9 Å². The molecule has 0 saturated heterocycles. The minimum absolute atomic E-state index is 0.0429. The molecule has 0 saturated carbocycles. The molecule has 0 unspecified atom stereocenters. The van der Waals surface area contributed by atoms with E-state index in [1.54, 1.807) is 24.3 Å². The van der Waals surface area contributed by atoms with Gasteiger partial charge in [0, 0.05) is 16.8 Å². The lowest BCUT2D eigenvalue weighted by Crippen LogP contribution is -2.17. The normalized spacial score (nSPS) is 12.2. The lowest BCUT2D eigenvalue weighted by molar-refractivity contribution is -0.143. The Balaban J connectivity index is 1.68. The fraction of sp³-hybridized carbons (Fsp3) is 0.0909. The van der Waals surface area contributed by atoms with Crippen molar-refractivity contribution in [2.75, 3.05) is 5.32 Å². The average molecular weight is 484 g/mol. The minimum Gasteiger partial charge on any atom is -0.338 e. The van der Waals surface area contributed by atoms with Crippen LogP contribution in [0.2, 0.25) is 5.02 Å². The highest BCUT2D eigenvalue weighted by atomic mass is 35.5. The Hall–Kier alpha value is -3.53. The number of carbonyl (C=O) groups is 1. The Morgan fingerprint density at radius 3 is 2.12 bits per heavy atom. The van der Waals surface area contributed by atoms with Gasteiger partial charge in [0.05, 0.1) is 27.2 Å². The van der Waals surface area contributed by atoms with Crippen LogP contribution in [0.1, 0.15) is 21.5 Å². The molecule has 0 spiro atoms. The van der Waals surface area contributed by atoms with Crippen molar-refractivity contribution in [3.8, 4) is 11.4 Å². The maximum Gasteiger partial charge on any atom is 0.416 e. The van der Waals surface area contributed by atoms with Crippen LogP contribution in [0.4, 0.5) is 32.0 Å². The summed E-state index contributed by atoms with van der Waals surface area (Å²) in [4.78, 5) is 20.0. The van der Waals surface area contributed by atoms with Crippen LogP contribution < -0.4 is 5.32 Å². The molecule has 1 heterocycles. The summed E-state index contributed by atoms with van der Waals surface area (Å²) in [5, 5.41) is 2.58. The third kappa shape index (κ3) is 4.80. The van der Waals surface area contributed by atoms with Crippen LogP contribution >= 0.6 is 11.6 Å². The summed E-state index contributed by atoms with van der Waals surface area (Å²) in [6.07, 6.45) is -10.1. The van der Waals surface area contributed by atoms with Gasteiger partial charge in [0.1, 0.15) is 5.82 Å². The van der Waals surface area contributed by atoms with Crippen LogP contribution in [-0.2, 0) is 12.4 Å². The Morgan fingerprint density at radius 2 is 1.52 bits per heavy atom. The van der Waals surface area contributed by atoms with E-state index in [2.05, 4.69) is 15.3 Å². The van der Waals surface area contributed by atoms with Gasteiger partial charge in [-0.25, -0.2) is 4.98 Å². The third-order valence-corrected chi connectivity index (χ3v) is 5.05. The molecule has 0 aliphatic rings. The number of carbonyl (C=O) groups excluding carboxylic acids is 1. The van der Waals surface area contributed by atoms with Crippen molar-refractivity contribution in [1.82, 2.24) is 9.97 Å². The number of anilines is 1. The van der Waals surface area contributed by atoms with E-state index in [0.717, 1.165) is 5.52 Å². The monoisotopic (exact) mass is 483 g/mol. The summed E-state index contributed by atoms with van der Waals surface area (Å²) in [7, 11) is 0. The standard InChI is InChI=1S/C22H12ClF6N3O/c23-16-6-5-14(10-15(16)19-31-17-3-1-2-4-18(17)32-19)30-20(33)11-7-12(21(24,25)26)9-13(8-11)22(27,28)29/h1-10H,(H,30,33)(H,31,32). The molecule has 3 aromatic carbocycles. The largest absolute Gasteiger partial charge is 0.416 e. The molecule has 11 heteroatoms. The van der Waals surface area contributed by atoms with Gasteiger partial charge in [0.25, 0.3) is 5.91 Å². The molecule has 4 rings (SSSR count). The number of aromatic nitrogens is 2. The zero-order valence-electron chi connectivity index (χ0n) is 16.3. The number of amides is 1. The molecule has 0 fully saturated rings. The molecule has 1 amide bonds. The molecule has 2 N–H and O–H groups in total. The van der Waals surface area contributed by atoms with Crippen LogP contribution in [0, 0.1) is 0 Å². The molecule has 0 radical (unpaired) electrons. The Kier molecular flexibility index (Phi) is 5.57. The summed E-state index contributed by atoms with van der Waals surface area (Å²) in [6.45, 7) is 0. The first-order valence-electron chi connectivity index (χ1n) is 9.27. The SMILES string of the molecule is O=C(Nc1ccc(Cl)c(-c2nc3ccccc3[nH]2)c1)c1cc(C(F)(F)F)cc(C(F)(F)F)c1. The van der Waals surface area contributed by atoms with Gasteiger partial charge in [-0.3, -0.25) is 4.79 Å². The van der Waals surface area contributed by atoms with Crippen molar-refractivity contribution in [3.05, 3.63) is 82.4 Å². The fourth-order valence-corrected chi connectivity index (χ4v) is 3.36. The number of imidazole rings is 1. The first kappa shape index (κ1) is 22.7. The van der Waals surface area contributed by atoms with Gasteiger partial charge in [-0.05, 0) is 48.5 Å². The highest BCUT2D eigenvalue weighted by Gasteiger charge is 2.37. The Labute approximate surface area is 187 Å². The number of aromatic amines is 1. The molecule has 4 aromatic rings. The zero-order valence-corrected chi connectivity index (χ0v) is 17.0. The summed E-state index contributed by atoms with van der Waals surface area (Å²) in [6, 6.07) is 12.0. The summed E-state index contributed by atoms with van der Waals surface area (Å²) in [5.41, 5.74) is -2.10. The quantitative estimate of drug-likeness (QED) is 0.303. The predicted octanol–water partition coefficient (Wildman–Crippen LogP) is 7.17. The maximum absolute atomic E-state index is 13.1. The van der Waals surface area contributed by atoms with Crippen LogP contribution in [0.15, 0.2) is 60.7 Å². The van der Waals surface area contributed by atoms with E-state index in [0.29, 0.717) is 29.0 Å². The van der Waals surface area contributed by atoms with Crippen molar-refractivity contribution in [2.24, 2.45) is 0 Å². The fourth-order valence-electron chi connectivity index (χ4n) is 3.15. The first-order chi connectivity index (χ1) is 15.4. The molecular formula is C22H12ClF6N3O. The molecule has 0 atom stereocenters. The highest BCUT2D eigenvalue weighted by molar-refractivity contribution is 6.33. The topological polar surface area (TPSA) is 57.8 Å². The van der Waals surface area contributed by atoms with E-state index in [1.807, 2.05) is 0 Å². The number of nitrogens with zero attached hydrogens (tertiary/aromatic N) is 1. The van der Waals surface area contributed by atoms with E-state index in [1.165, 1.54) is 18.2 Å². The van der Waals surface area contributed by atoms with E-state index < -0.39 is 35.0 Å². The molecule has 0 aliphatic carbocycles. The minimum atomic E-state index is -5.06. The third-order valence-electron chi connectivity index (χ3n) is 4.72. The summed E-state index contributed by atoms with van der Waals surface area (Å²) in [5.74, 6) is -0.778. The van der Waals surface area contributed by atoms with Gasteiger partial charge in [0.15, 0.2) is 0 Å². The van der Waals surface area contributed by atoms with Crippen molar-refractivity contribution in [3.63, 3.8) is 0 Å². The van der Waals surface area contributed by atoms with Crippen molar-refractivity contribution in [2.45, 2.75) is 12.4 Å². The first-order valence-corrected chi connectivity index (χ1v) is 9.65. The number of para-hydroxylation sites is 2. The van der Waals surface area contributed by atoms with Gasteiger partial charge >= 0.3 is 12.4 Å². The van der Waals surface area contributed by atoms with Crippen LogP contribution in [0.3, 0.4) is 0 Å². The van der Waals surface area contributed by atoms with Crippen molar-refractivity contribution in [1.29, 1.82) is 0 Å². The molecule has 0 aliphatic heterocycles. The number of alkyl halides is 6. The number of hydrogen-bond acceptors (Lipinski definition) is 2. The highest BCUT2D eigenvalue weighted by Crippen LogP contribution is 2.37. The Bertz CT molecular complexity index is 1300. The predicted molar refractivity (Wildman–Crippen MR) is 111 cm³/mol. The number of fused-ring (bicyclic) bond motifs is 1. The average Bonchev–Trinajstić information content (AvgIpc) is 3.17. The number of nitrogens with one attached hydrogen (secondary N) is 2. The van der Waals surface area contributed by atoms with Gasteiger partial charge < -0.3 is 10.3 Å².